The molecule has 1 N–H and O–H groups in total. The number of phenolic OH excluding ortho intramolecular Hbond substituents is 1. The second-order valence-corrected chi connectivity index (χ2v) is 19.7. The number of aromatic nitrogens is 2. The van der Waals surface area contributed by atoms with Gasteiger partial charge in [0.2, 0.25) is 0 Å². The zero-order valence-corrected chi connectivity index (χ0v) is 31.4. The Morgan fingerprint density at radius 1 is 0.830 bits per heavy atom. The summed E-state index contributed by atoms with van der Waals surface area (Å²) < 4.78 is 0. The summed E-state index contributed by atoms with van der Waals surface area (Å²) in [5.41, 5.74) is 9.92. The Morgan fingerprint density at radius 3 is 2.23 bits per heavy atom. The van der Waals surface area contributed by atoms with Crippen LogP contribution in [0.5, 0.6) is 5.75 Å². The van der Waals surface area contributed by atoms with E-state index in [0.717, 1.165) is 28.8 Å². The SMILES string of the molecule is CC1C(C)N(C(C)(C)c2cc3c(c(-c4ccccc4O)n2)C[Si]2(Cc4ccccc4C2)C3)[CH-]N1c1cc(C2CCCCC2)ccn1.[Pt]. The quantitative estimate of drug-likeness (QED) is 0.162. The molecule has 2 aromatic heterocycles. The first-order valence-electron chi connectivity index (χ1n) is 17.5. The summed E-state index contributed by atoms with van der Waals surface area (Å²) in [4.78, 5) is 15.3. The maximum atomic E-state index is 11.1. The Balaban J connectivity index is 0.00000351. The van der Waals surface area contributed by atoms with E-state index >= 15 is 0 Å². The third kappa shape index (κ3) is 5.72. The number of hydrogen-bond donors (Lipinski definition) is 1. The molecule has 7 heteroatoms. The van der Waals surface area contributed by atoms with Gasteiger partial charge in [0.05, 0.1) is 19.5 Å². The normalized spacial score (nSPS) is 22.3. The molecule has 2 atom stereocenters. The van der Waals surface area contributed by atoms with Crippen LogP contribution in [0, 0.1) is 6.67 Å². The van der Waals surface area contributed by atoms with Crippen molar-refractivity contribution in [1.29, 1.82) is 0 Å². The van der Waals surface area contributed by atoms with Crippen molar-refractivity contribution in [3.05, 3.63) is 113 Å². The number of pyridine rings is 2. The van der Waals surface area contributed by atoms with E-state index in [4.69, 9.17) is 9.97 Å². The van der Waals surface area contributed by atoms with Gasteiger partial charge in [0.1, 0.15) is 11.6 Å². The first-order chi connectivity index (χ1) is 22.2. The van der Waals surface area contributed by atoms with Crippen molar-refractivity contribution >= 4 is 13.9 Å². The van der Waals surface area contributed by atoms with Crippen LogP contribution in [0.25, 0.3) is 11.3 Å². The molecule has 1 saturated heterocycles. The fourth-order valence-corrected chi connectivity index (χ4v) is 14.5. The number of rotatable bonds is 5. The number of hydrogen-bond acceptors (Lipinski definition) is 5. The number of anilines is 1. The van der Waals surface area contributed by atoms with E-state index in [0.29, 0.717) is 11.7 Å². The van der Waals surface area contributed by atoms with E-state index in [-0.39, 0.29) is 38.7 Å². The van der Waals surface area contributed by atoms with Gasteiger partial charge in [-0.3, -0.25) is 4.98 Å². The maximum absolute atomic E-state index is 11.1. The Kier molecular flexibility index (Phi) is 8.76. The molecule has 2 fully saturated rings. The third-order valence-corrected chi connectivity index (χ3v) is 16.4. The standard InChI is InChI=1S/C40H47N4OSi.Pt/c1-27-28(2)44(26-43(27)38-21-30(18-19-41-38)29-12-6-5-7-13-29)40(3,4)37-20-33-24-46(22-31-14-8-9-15-32(31)23-46)25-35(33)39(42-37)34-16-10-11-17-36(34)45;/h8-11,14-21,26-29,45H,5-7,12-13,22-25H2,1-4H3;/q-1;. The number of fused-ring (bicyclic) bond motifs is 2. The molecule has 8 rings (SSSR count). The number of benzene rings is 2. The zero-order chi connectivity index (χ0) is 31.6. The van der Waals surface area contributed by atoms with E-state index in [1.165, 1.54) is 66.9 Å². The van der Waals surface area contributed by atoms with Gasteiger partial charge in [-0.25, -0.2) is 4.98 Å². The van der Waals surface area contributed by atoms with Crippen LogP contribution in [0.2, 0.25) is 0 Å². The molecule has 0 amide bonds. The topological polar surface area (TPSA) is 52.5 Å². The summed E-state index contributed by atoms with van der Waals surface area (Å²) in [5.74, 6) is 2.02. The molecule has 4 aliphatic rings. The monoisotopic (exact) mass is 822 g/mol. The van der Waals surface area contributed by atoms with Gasteiger partial charge in [-0.05, 0) is 135 Å². The molecule has 1 saturated carbocycles. The van der Waals surface area contributed by atoms with Gasteiger partial charge in [-0.1, -0.05) is 55.7 Å². The van der Waals surface area contributed by atoms with Crippen LogP contribution in [0.4, 0.5) is 5.82 Å². The van der Waals surface area contributed by atoms with E-state index < -0.39 is 8.07 Å². The van der Waals surface area contributed by atoms with Crippen molar-refractivity contribution in [3.63, 3.8) is 0 Å². The van der Waals surface area contributed by atoms with Gasteiger partial charge in [0, 0.05) is 44.4 Å². The predicted octanol–water partition coefficient (Wildman–Crippen LogP) is 8.35. The minimum atomic E-state index is -1.63. The summed E-state index contributed by atoms with van der Waals surface area (Å²) in [6.07, 6.45) is 8.63. The van der Waals surface area contributed by atoms with E-state index in [9.17, 15) is 5.11 Å². The van der Waals surface area contributed by atoms with E-state index in [1.807, 2.05) is 24.4 Å². The van der Waals surface area contributed by atoms with Crippen molar-refractivity contribution in [2.24, 2.45) is 0 Å². The third-order valence-electron chi connectivity index (χ3n) is 11.9. The second kappa shape index (κ2) is 12.6. The Hall–Kier alpha value is -2.79. The van der Waals surface area contributed by atoms with Crippen LogP contribution >= 0.6 is 0 Å². The summed E-state index contributed by atoms with van der Waals surface area (Å²) in [6.45, 7) is 11.6. The second-order valence-electron chi connectivity index (χ2n) is 15.2. The predicted molar refractivity (Wildman–Crippen MR) is 189 cm³/mol. The molecule has 0 radical (unpaired) electrons. The molecule has 2 aromatic carbocycles. The molecule has 47 heavy (non-hydrogen) atoms. The van der Waals surface area contributed by atoms with Gasteiger partial charge in [-0.15, -0.1) is 0 Å². The first-order valence-corrected chi connectivity index (χ1v) is 20.3. The first kappa shape index (κ1) is 32.7. The Bertz CT molecular complexity index is 1760. The average molecular weight is 823 g/mol. The van der Waals surface area contributed by atoms with Crippen LogP contribution in [0.3, 0.4) is 0 Å². The van der Waals surface area contributed by atoms with E-state index in [1.54, 1.807) is 17.2 Å². The molecular formula is C40H47N4OPtSi-. The fourth-order valence-electron chi connectivity index (χ4n) is 9.18. The van der Waals surface area contributed by atoms with Gasteiger partial charge in [-0.2, -0.15) is 6.67 Å². The average Bonchev–Trinajstić information content (AvgIpc) is 3.72. The number of nitrogens with zero attached hydrogens (tertiary/aromatic N) is 4. The molecule has 1 aliphatic carbocycles. The molecular weight excluding hydrogens is 776 g/mol. The van der Waals surface area contributed by atoms with Crippen LogP contribution in [0.1, 0.15) is 99.2 Å². The van der Waals surface area contributed by atoms with Gasteiger partial charge < -0.3 is 14.9 Å². The molecule has 1 spiro atoms. The Labute approximate surface area is 296 Å². The molecule has 5 nitrogen and oxygen atoms in total. The molecule has 5 heterocycles. The smallest absolute Gasteiger partial charge is 0.124 e. The van der Waals surface area contributed by atoms with Crippen LogP contribution in [0.15, 0.2) is 72.9 Å². The van der Waals surface area contributed by atoms with Crippen molar-refractivity contribution in [1.82, 2.24) is 14.9 Å². The minimum Gasteiger partial charge on any atom is -0.507 e. The van der Waals surface area contributed by atoms with Gasteiger partial charge in [0.25, 0.3) is 0 Å². The Morgan fingerprint density at radius 2 is 1.51 bits per heavy atom. The molecule has 4 aromatic rings. The van der Waals surface area contributed by atoms with Gasteiger partial charge in [0.15, 0.2) is 0 Å². The van der Waals surface area contributed by atoms with Crippen LogP contribution in [-0.2, 0) is 50.8 Å². The summed E-state index contributed by atoms with van der Waals surface area (Å²) in [6, 6.07) is 29.2. The zero-order valence-electron chi connectivity index (χ0n) is 28.2. The number of aromatic hydroxyl groups is 1. The van der Waals surface area contributed by atoms with Crippen LogP contribution in [-0.4, -0.2) is 40.1 Å². The summed E-state index contributed by atoms with van der Waals surface area (Å²) in [5, 5.41) is 11.1. The van der Waals surface area contributed by atoms with Crippen LogP contribution < -0.4 is 4.90 Å². The van der Waals surface area contributed by atoms with Crippen molar-refractivity contribution in [3.8, 4) is 17.0 Å². The maximum Gasteiger partial charge on any atom is 0.124 e. The number of phenols is 1. The fraction of sp³-hybridized carbons (Fsp3) is 0.425. The summed E-state index contributed by atoms with van der Waals surface area (Å²) in [7, 11) is -1.63. The van der Waals surface area contributed by atoms with Crippen molar-refractivity contribution in [2.75, 3.05) is 4.90 Å². The molecule has 3 aliphatic heterocycles. The minimum absolute atomic E-state index is 0. The molecule has 248 valence electrons. The molecule has 0 bridgehead atoms. The van der Waals surface area contributed by atoms with Crippen molar-refractivity contribution in [2.45, 2.75) is 108 Å². The van der Waals surface area contributed by atoms with Gasteiger partial charge >= 0.3 is 0 Å². The largest absolute Gasteiger partial charge is 0.507 e. The van der Waals surface area contributed by atoms with E-state index in [2.05, 4.69) is 86.6 Å². The van der Waals surface area contributed by atoms with Crippen molar-refractivity contribution < 1.29 is 26.2 Å². The number of para-hydroxylation sites is 1. The summed E-state index contributed by atoms with van der Waals surface area (Å²) >= 11 is 0. The molecule has 2 unspecified atom stereocenters.